The number of hydrogen-bond acceptors (Lipinski definition) is 5. The Morgan fingerprint density at radius 2 is 2.11 bits per heavy atom. The molecule has 18 heavy (non-hydrogen) atoms. The molecule has 0 spiro atoms. The lowest BCUT2D eigenvalue weighted by Crippen LogP contribution is -2.48. The van der Waals surface area contributed by atoms with Crippen LogP contribution in [-0.4, -0.2) is 67.4 Å². The maximum absolute atomic E-state index is 11.6. The van der Waals surface area contributed by atoms with Gasteiger partial charge in [-0.15, -0.1) is 11.8 Å². The summed E-state index contributed by atoms with van der Waals surface area (Å²) >= 11 is 1.36. The van der Waals surface area contributed by atoms with E-state index in [2.05, 4.69) is 10.0 Å². The fourth-order valence-electron chi connectivity index (χ4n) is 1.35. The Kier molecular flexibility index (Phi) is 5.23. The standard InChI is InChI=1S/C8H15N3O5S2/c1-18(15,16)10-3-2-9-8(14)11-5-17-4-6(11)7(12)13/h6,10H,2-5H2,1H3,(H,9,14)(H,12,13)/t6-/m0/s1. The summed E-state index contributed by atoms with van der Waals surface area (Å²) in [7, 11) is -3.28. The van der Waals surface area contributed by atoms with Crippen LogP contribution in [0.5, 0.6) is 0 Å². The minimum absolute atomic E-state index is 0.0727. The molecule has 0 unspecified atom stereocenters. The number of urea groups is 1. The van der Waals surface area contributed by atoms with Gasteiger partial charge in [-0.25, -0.2) is 22.7 Å². The number of hydrogen-bond donors (Lipinski definition) is 3. The third kappa shape index (κ3) is 4.70. The van der Waals surface area contributed by atoms with Gasteiger partial charge in [0.05, 0.1) is 12.1 Å². The van der Waals surface area contributed by atoms with E-state index < -0.39 is 28.1 Å². The summed E-state index contributed by atoms with van der Waals surface area (Å²) < 4.78 is 23.7. The quantitative estimate of drug-likeness (QED) is 0.543. The van der Waals surface area contributed by atoms with E-state index in [-0.39, 0.29) is 13.1 Å². The summed E-state index contributed by atoms with van der Waals surface area (Å²) in [6, 6.07) is -1.32. The summed E-state index contributed by atoms with van der Waals surface area (Å²) in [5, 5.41) is 11.3. The lowest BCUT2D eigenvalue weighted by Gasteiger charge is -2.20. The molecule has 3 N–H and O–H groups in total. The molecule has 2 amide bonds. The third-order valence-corrected chi connectivity index (χ3v) is 3.93. The van der Waals surface area contributed by atoms with Gasteiger partial charge in [0.25, 0.3) is 0 Å². The fourth-order valence-corrected chi connectivity index (χ4v) is 2.97. The van der Waals surface area contributed by atoms with Gasteiger partial charge in [-0.05, 0) is 0 Å². The Balaban J connectivity index is 2.35. The van der Waals surface area contributed by atoms with Crippen LogP contribution in [0.3, 0.4) is 0 Å². The summed E-state index contributed by atoms with van der Waals surface area (Å²) in [6.45, 7) is 0.183. The first-order valence-electron chi connectivity index (χ1n) is 5.11. The molecular weight excluding hydrogens is 282 g/mol. The van der Waals surface area contributed by atoms with Crippen LogP contribution >= 0.6 is 11.8 Å². The first-order chi connectivity index (χ1) is 8.31. The van der Waals surface area contributed by atoms with Crippen molar-refractivity contribution >= 4 is 33.8 Å². The molecule has 1 fully saturated rings. The molecular formula is C8H15N3O5S2. The number of carboxylic acid groups (broad SMARTS) is 1. The lowest BCUT2D eigenvalue weighted by molar-refractivity contribution is -0.140. The molecule has 1 aliphatic rings. The fraction of sp³-hybridized carbons (Fsp3) is 0.750. The Morgan fingerprint density at radius 3 is 2.67 bits per heavy atom. The second kappa shape index (κ2) is 6.25. The molecule has 0 radical (unpaired) electrons. The smallest absolute Gasteiger partial charge is 0.327 e. The van der Waals surface area contributed by atoms with Crippen molar-refractivity contribution in [3.05, 3.63) is 0 Å². The number of nitrogens with one attached hydrogen (secondary N) is 2. The van der Waals surface area contributed by atoms with Crippen LogP contribution in [0.2, 0.25) is 0 Å². The van der Waals surface area contributed by atoms with Crippen LogP contribution < -0.4 is 10.0 Å². The molecule has 0 saturated carbocycles. The van der Waals surface area contributed by atoms with E-state index >= 15 is 0 Å². The van der Waals surface area contributed by atoms with Gasteiger partial charge >= 0.3 is 12.0 Å². The molecule has 1 heterocycles. The van der Waals surface area contributed by atoms with Gasteiger partial charge in [0.1, 0.15) is 6.04 Å². The van der Waals surface area contributed by atoms with E-state index in [1.54, 1.807) is 0 Å². The number of carbonyl (C=O) groups is 2. The average Bonchev–Trinajstić information content (AvgIpc) is 2.71. The van der Waals surface area contributed by atoms with Gasteiger partial charge in [-0.2, -0.15) is 0 Å². The maximum atomic E-state index is 11.6. The number of carboxylic acids is 1. The highest BCUT2D eigenvalue weighted by molar-refractivity contribution is 7.99. The molecule has 10 heteroatoms. The monoisotopic (exact) mass is 297 g/mol. The Hall–Kier alpha value is -1.00. The van der Waals surface area contributed by atoms with Crippen LogP contribution in [-0.2, 0) is 14.8 Å². The molecule has 1 aliphatic heterocycles. The zero-order valence-electron chi connectivity index (χ0n) is 9.75. The summed E-state index contributed by atoms with van der Waals surface area (Å²) in [6.07, 6.45) is 1.02. The maximum Gasteiger partial charge on any atom is 0.327 e. The summed E-state index contributed by atoms with van der Waals surface area (Å²) in [5.41, 5.74) is 0. The minimum atomic E-state index is -3.28. The van der Waals surface area contributed by atoms with Gasteiger partial charge in [0, 0.05) is 18.8 Å². The number of amides is 2. The second-order valence-corrected chi connectivity index (χ2v) is 6.55. The highest BCUT2D eigenvalue weighted by Gasteiger charge is 2.34. The molecule has 0 bridgehead atoms. The number of sulfonamides is 1. The number of rotatable bonds is 5. The van der Waals surface area contributed by atoms with E-state index in [0.29, 0.717) is 11.6 Å². The Labute approximate surface area is 109 Å². The van der Waals surface area contributed by atoms with E-state index in [1.807, 2.05) is 0 Å². The largest absolute Gasteiger partial charge is 0.480 e. The normalized spacial score (nSPS) is 19.8. The molecule has 1 atom stereocenters. The Bertz CT molecular complexity index is 424. The molecule has 0 aromatic carbocycles. The number of thioether (sulfide) groups is 1. The number of carbonyl (C=O) groups excluding carboxylic acids is 1. The van der Waals surface area contributed by atoms with Crippen molar-refractivity contribution in [2.75, 3.05) is 31.0 Å². The van der Waals surface area contributed by atoms with Crippen LogP contribution in [0.15, 0.2) is 0 Å². The highest BCUT2D eigenvalue weighted by atomic mass is 32.2. The van der Waals surface area contributed by atoms with Crippen LogP contribution in [0.25, 0.3) is 0 Å². The number of aliphatic carboxylic acids is 1. The average molecular weight is 297 g/mol. The van der Waals surface area contributed by atoms with Crippen LogP contribution in [0.4, 0.5) is 4.79 Å². The summed E-state index contributed by atoms with van der Waals surface area (Å²) in [4.78, 5) is 23.7. The van der Waals surface area contributed by atoms with E-state index in [4.69, 9.17) is 5.11 Å². The molecule has 1 saturated heterocycles. The first kappa shape index (κ1) is 15.1. The van der Waals surface area contributed by atoms with E-state index in [0.717, 1.165) is 6.26 Å². The predicted octanol–water partition coefficient (Wildman–Crippen LogP) is -1.30. The molecule has 0 aromatic rings. The van der Waals surface area contributed by atoms with E-state index in [9.17, 15) is 18.0 Å². The van der Waals surface area contributed by atoms with Gasteiger partial charge < -0.3 is 15.3 Å². The van der Waals surface area contributed by atoms with Gasteiger partial charge in [-0.3, -0.25) is 0 Å². The van der Waals surface area contributed by atoms with Gasteiger partial charge in [0.2, 0.25) is 10.0 Å². The molecule has 1 rings (SSSR count). The van der Waals surface area contributed by atoms with E-state index in [1.165, 1.54) is 16.7 Å². The topological polar surface area (TPSA) is 116 Å². The number of nitrogens with zero attached hydrogens (tertiary/aromatic N) is 1. The van der Waals surface area contributed by atoms with Crippen molar-refractivity contribution < 1.29 is 23.1 Å². The van der Waals surface area contributed by atoms with Gasteiger partial charge in [0.15, 0.2) is 0 Å². The van der Waals surface area contributed by atoms with Crippen LogP contribution in [0, 0.1) is 0 Å². The van der Waals surface area contributed by atoms with Crippen molar-refractivity contribution in [2.45, 2.75) is 6.04 Å². The SMILES string of the molecule is CS(=O)(=O)NCCNC(=O)N1CSC[C@H]1C(=O)O. The molecule has 0 aliphatic carbocycles. The van der Waals surface area contributed by atoms with Crippen molar-refractivity contribution in [1.82, 2.24) is 14.9 Å². The zero-order valence-corrected chi connectivity index (χ0v) is 11.4. The minimum Gasteiger partial charge on any atom is -0.480 e. The molecule has 8 nitrogen and oxygen atoms in total. The molecule has 0 aromatic heterocycles. The van der Waals surface area contributed by atoms with Crippen molar-refractivity contribution in [3.63, 3.8) is 0 Å². The third-order valence-electron chi connectivity index (χ3n) is 2.19. The van der Waals surface area contributed by atoms with Gasteiger partial charge in [-0.1, -0.05) is 0 Å². The Morgan fingerprint density at radius 1 is 1.44 bits per heavy atom. The van der Waals surface area contributed by atoms with Crippen molar-refractivity contribution in [3.8, 4) is 0 Å². The lowest BCUT2D eigenvalue weighted by atomic mass is 10.3. The highest BCUT2D eigenvalue weighted by Crippen LogP contribution is 2.20. The first-order valence-corrected chi connectivity index (χ1v) is 8.15. The van der Waals surface area contributed by atoms with Crippen LogP contribution in [0.1, 0.15) is 0 Å². The molecule has 104 valence electrons. The zero-order chi connectivity index (χ0) is 13.8. The second-order valence-electron chi connectivity index (χ2n) is 3.72. The summed E-state index contributed by atoms with van der Waals surface area (Å²) in [5.74, 6) is -0.350. The van der Waals surface area contributed by atoms with Crippen molar-refractivity contribution in [2.24, 2.45) is 0 Å². The van der Waals surface area contributed by atoms with Crippen molar-refractivity contribution in [1.29, 1.82) is 0 Å². The predicted molar refractivity (Wildman–Crippen MR) is 66.8 cm³/mol.